The topological polar surface area (TPSA) is 26.0 Å². The van der Waals surface area contributed by atoms with E-state index >= 15 is 0 Å². The molecule has 1 saturated carbocycles. The van der Waals surface area contributed by atoms with Gasteiger partial charge in [0.2, 0.25) is 0 Å². The summed E-state index contributed by atoms with van der Waals surface area (Å²) >= 11 is 0. The lowest BCUT2D eigenvalue weighted by Gasteiger charge is -2.18. The molecule has 94 valence electrons. The predicted octanol–water partition coefficient (Wildman–Crippen LogP) is 3.77. The van der Waals surface area contributed by atoms with Crippen molar-refractivity contribution in [3.05, 3.63) is 35.9 Å². The highest BCUT2D eigenvalue weighted by molar-refractivity contribution is 5.14. The first-order valence-electron chi connectivity index (χ1n) is 7.05. The van der Waals surface area contributed by atoms with Crippen LogP contribution in [0.3, 0.4) is 0 Å². The molecule has 0 aromatic heterocycles. The Morgan fingerprint density at radius 1 is 1.24 bits per heavy atom. The Kier molecular flexibility index (Phi) is 4.61. The zero-order valence-corrected chi connectivity index (χ0v) is 10.9. The maximum absolute atomic E-state index is 6.31. The van der Waals surface area contributed by atoms with Crippen molar-refractivity contribution in [1.82, 2.24) is 0 Å². The number of rotatable bonds is 5. The molecule has 2 N–H and O–H groups in total. The fourth-order valence-electron chi connectivity index (χ4n) is 3.06. The van der Waals surface area contributed by atoms with Crippen molar-refractivity contribution in [2.75, 3.05) is 0 Å². The molecule has 1 fully saturated rings. The molecular weight excluding hydrogens is 206 g/mol. The van der Waals surface area contributed by atoms with Gasteiger partial charge in [0.25, 0.3) is 0 Å². The first kappa shape index (κ1) is 12.6. The number of nitrogens with two attached hydrogens (primary N) is 1. The molecule has 3 atom stereocenters. The van der Waals surface area contributed by atoms with Crippen molar-refractivity contribution >= 4 is 0 Å². The van der Waals surface area contributed by atoms with Crippen molar-refractivity contribution < 1.29 is 0 Å². The largest absolute Gasteiger partial charge is 0.327 e. The maximum atomic E-state index is 6.31. The normalized spacial score (nSPS) is 26.0. The first-order chi connectivity index (χ1) is 8.25. The molecular formula is C16H25N. The van der Waals surface area contributed by atoms with Crippen LogP contribution in [0.1, 0.15) is 44.6 Å². The number of hydrogen-bond acceptors (Lipinski definition) is 1. The summed E-state index contributed by atoms with van der Waals surface area (Å²) in [6.45, 7) is 2.36. The molecule has 0 bridgehead atoms. The molecule has 17 heavy (non-hydrogen) atoms. The Balaban J connectivity index is 1.68. The van der Waals surface area contributed by atoms with E-state index in [1.807, 2.05) is 0 Å². The summed E-state index contributed by atoms with van der Waals surface area (Å²) < 4.78 is 0. The highest BCUT2D eigenvalue weighted by Crippen LogP contribution is 2.33. The fraction of sp³-hybridized carbons (Fsp3) is 0.625. The molecule has 1 aliphatic carbocycles. The lowest BCUT2D eigenvalue weighted by Crippen LogP contribution is -2.28. The fourth-order valence-corrected chi connectivity index (χ4v) is 3.06. The summed E-state index contributed by atoms with van der Waals surface area (Å²) in [7, 11) is 0. The van der Waals surface area contributed by atoms with Crippen molar-refractivity contribution in [1.29, 1.82) is 0 Å². The molecule has 0 spiro atoms. The van der Waals surface area contributed by atoms with Gasteiger partial charge in [-0.2, -0.15) is 0 Å². The highest BCUT2D eigenvalue weighted by atomic mass is 14.7. The van der Waals surface area contributed by atoms with Crippen LogP contribution in [0.4, 0.5) is 0 Å². The van der Waals surface area contributed by atoms with Gasteiger partial charge in [0, 0.05) is 6.04 Å². The zero-order valence-electron chi connectivity index (χ0n) is 10.9. The predicted molar refractivity (Wildman–Crippen MR) is 73.9 cm³/mol. The molecule has 0 heterocycles. The van der Waals surface area contributed by atoms with Crippen LogP contribution in [0.5, 0.6) is 0 Å². The maximum Gasteiger partial charge on any atom is 0.00673 e. The zero-order chi connectivity index (χ0) is 12.1. The van der Waals surface area contributed by atoms with E-state index in [-0.39, 0.29) is 0 Å². The van der Waals surface area contributed by atoms with Gasteiger partial charge in [0.05, 0.1) is 0 Å². The lowest BCUT2D eigenvalue weighted by molar-refractivity contribution is 0.391. The minimum Gasteiger partial charge on any atom is -0.327 e. The van der Waals surface area contributed by atoms with Gasteiger partial charge < -0.3 is 5.73 Å². The summed E-state index contributed by atoms with van der Waals surface area (Å²) in [5.41, 5.74) is 7.75. The minimum atomic E-state index is 0.434. The van der Waals surface area contributed by atoms with Crippen LogP contribution in [0.25, 0.3) is 0 Å². The summed E-state index contributed by atoms with van der Waals surface area (Å²) in [6, 6.07) is 11.2. The Labute approximate surface area is 105 Å². The molecule has 0 amide bonds. The standard InChI is InChI=1S/C16H25N/c1-13-10-11-15(12-13)16(17)9-5-8-14-6-3-2-4-7-14/h2-4,6-7,13,15-16H,5,8-12,17H2,1H3. The third-order valence-corrected chi connectivity index (χ3v) is 4.19. The van der Waals surface area contributed by atoms with Crippen molar-refractivity contribution in [2.45, 2.75) is 51.5 Å². The van der Waals surface area contributed by atoms with E-state index in [1.165, 1.54) is 44.1 Å². The van der Waals surface area contributed by atoms with Gasteiger partial charge in [-0.05, 0) is 49.5 Å². The SMILES string of the molecule is CC1CCC(C(N)CCCc2ccccc2)C1. The number of hydrogen-bond donors (Lipinski definition) is 1. The molecule has 1 aromatic carbocycles. The Morgan fingerprint density at radius 3 is 2.65 bits per heavy atom. The van der Waals surface area contributed by atoms with Crippen LogP contribution in [0, 0.1) is 11.8 Å². The second-order valence-electron chi connectivity index (χ2n) is 5.72. The highest BCUT2D eigenvalue weighted by Gasteiger charge is 2.25. The van der Waals surface area contributed by atoms with Gasteiger partial charge >= 0.3 is 0 Å². The van der Waals surface area contributed by atoms with Crippen LogP contribution in [0.2, 0.25) is 0 Å². The quantitative estimate of drug-likeness (QED) is 0.820. The van der Waals surface area contributed by atoms with Crippen molar-refractivity contribution in [3.63, 3.8) is 0 Å². The lowest BCUT2D eigenvalue weighted by atomic mass is 9.93. The number of aryl methyl sites for hydroxylation is 1. The van der Waals surface area contributed by atoms with Crippen LogP contribution < -0.4 is 5.73 Å². The Hall–Kier alpha value is -0.820. The van der Waals surface area contributed by atoms with E-state index in [0.717, 1.165) is 11.8 Å². The summed E-state index contributed by atoms with van der Waals surface area (Å²) in [5, 5.41) is 0. The van der Waals surface area contributed by atoms with Crippen LogP contribution in [-0.2, 0) is 6.42 Å². The minimum absolute atomic E-state index is 0.434. The van der Waals surface area contributed by atoms with Gasteiger partial charge in [-0.1, -0.05) is 43.7 Å². The second-order valence-corrected chi connectivity index (χ2v) is 5.72. The molecule has 3 unspecified atom stereocenters. The monoisotopic (exact) mass is 231 g/mol. The third-order valence-electron chi connectivity index (χ3n) is 4.19. The van der Waals surface area contributed by atoms with Crippen LogP contribution >= 0.6 is 0 Å². The third kappa shape index (κ3) is 3.85. The van der Waals surface area contributed by atoms with Crippen molar-refractivity contribution in [2.24, 2.45) is 17.6 Å². The molecule has 1 nitrogen and oxygen atoms in total. The Morgan fingerprint density at radius 2 is 2.00 bits per heavy atom. The summed E-state index contributed by atoms with van der Waals surface area (Å²) in [6.07, 6.45) is 7.69. The van der Waals surface area contributed by atoms with Crippen LogP contribution in [0.15, 0.2) is 30.3 Å². The van der Waals surface area contributed by atoms with Crippen LogP contribution in [-0.4, -0.2) is 6.04 Å². The van der Waals surface area contributed by atoms with Gasteiger partial charge in [-0.3, -0.25) is 0 Å². The molecule has 0 aliphatic heterocycles. The average Bonchev–Trinajstić information content (AvgIpc) is 2.77. The number of benzene rings is 1. The van der Waals surface area contributed by atoms with E-state index in [1.54, 1.807) is 0 Å². The van der Waals surface area contributed by atoms with Gasteiger partial charge in [-0.15, -0.1) is 0 Å². The summed E-state index contributed by atoms with van der Waals surface area (Å²) in [5.74, 6) is 1.70. The van der Waals surface area contributed by atoms with E-state index in [9.17, 15) is 0 Å². The van der Waals surface area contributed by atoms with Gasteiger partial charge in [-0.25, -0.2) is 0 Å². The van der Waals surface area contributed by atoms with Gasteiger partial charge in [0.15, 0.2) is 0 Å². The van der Waals surface area contributed by atoms with E-state index in [4.69, 9.17) is 5.73 Å². The molecule has 1 aliphatic rings. The molecule has 1 aromatic rings. The van der Waals surface area contributed by atoms with Crippen molar-refractivity contribution in [3.8, 4) is 0 Å². The Bertz CT molecular complexity index is 320. The molecule has 0 saturated heterocycles. The van der Waals surface area contributed by atoms with E-state index in [0.29, 0.717) is 6.04 Å². The average molecular weight is 231 g/mol. The summed E-state index contributed by atoms with van der Waals surface area (Å²) in [4.78, 5) is 0. The molecule has 1 heteroatoms. The first-order valence-corrected chi connectivity index (χ1v) is 7.05. The van der Waals surface area contributed by atoms with E-state index < -0.39 is 0 Å². The molecule has 0 radical (unpaired) electrons. The molecule has 2 rings (SSSR count). The smallest absolute Gasteiger partial charge is 0.00673 e. The van der Waals surface area contributed by atoms with Gasteiger partial charge in [0.1, 0.15) is 0 Å². The van der Waals surface area contributed by atoms with E-state index in [2.05, 4.69) is 37.3 Å². The second kappa shape index (κ2) is 6.20.